The second-order valence-electron chi connectivity index (χ2n) is 6.44. The number of carbonyl (C=O) groups excluding carboxylic acids is 1. The van der Waals surface area contributed by atoms with Crippen molar-refractivity contribution in [1.82, 2.24) is 9.66 Å². The highest BCUT2D eigenvalue weighted by molar-refractivity contribution is 7.16. The Hall–Kier alpha value is -2.67. The van der Waals surface area contributed by atoms with E-state index in [1.54, 1.807) is 37.3 Å². The summed E-state index contributed by atoms with van der Waals surface area (Å²) in [6.07, 6.45) is 0.975. The van der Waals surface area contributed by atoms with Crippen LogP contribution >= 0.6 is 11.3 Å². The van der Waals surface area contributed by atoms with Crippen LogP contribution in [0.2, 0.25) is 0 Å². The Morgan fingerprint density at radius 2 is 2.00 bits per heavy atom. The van der Waals surface area contributed by atoms with Crippen LogP contribution in [0, 0.1) is 12.8 Å². The highest BCUT2D eigenvalue weighted by Crippen LogP contribution is 2.16. The van der Waals surface area contributed by atoms with Crippen LogP contribution in [-0.2, 0) is 0 Å². The van der Waals surface area contributed by atoms with Crippen molar-refractivity contribution in [3.05, 3.63) is 57.5 Å². The van der Waals surface area contributed by atoms with E-state index in [-0.39, 0.29) is 11.5 Å². The third-order valence-electron chi connectivity index (χ3n) is 3.96. The van der Waals surface area contributed by atoms with Gasteiger partial charge in [0, 0.05) is 5.56 Å². The number of amides is 1. The molecule has 0 atom stereocenters. The number of aromatic nitrogens is 2. The molecule has 1 N–H and O–H groups in total. The number of rotatable bonds is 6. The summed E-state index contributed by atoms with van der Waals surface area (Å²) in [4.78, 5) is 30.0. The van der Waals surface area contributed by atoms with Crippen molar-refractivity contribution in [2.24, 2.45) is 5.92 Å². The Balaban J connectivity index is 1.73. The summed E-state index contributed by atoms with van der Waals surface area (Å²) in [6.45, 7) is 6.61. The van der Waals surface area contributed by atoms with E-state index in [2.05, 4.69) is 24.3 Å². The van der Waals surface area contributed by atoms with Crippen molar-refractivity contribution in [2.75, 3.05) is 12.0 Å². The summed E-state index contributed by atoms with van der Waals surface area (Å²) in [5, 5.41) is 2.30. The number of hydrogen-bond donors (Lipinski definition) is 1. The fourth-order valence-electron chi connectivity index (χ4n) is 2.43. The molecule has 26 heavy (non-hydrogen) atoms. The van der Waals surface area contributed by atoms with Crippen LogP contribution in [0.15, 0.2) is 40.5 Å². The lowest BCUT2D eigenvalue weighted by molar-refractivity contribution is 0.101. The summed E-state index contributed by atoms with van der Waals surface area (Å²) < 4.78 is 6.84. The highest BCUT2D eigenvalue weighted by Gasteiger charge is 2.13. The van der Waals surface area contributed by atoms with Crippen LogP contribution in [0.25, 0.3) is 10.2 Å². The largest absolute Gasteiger partial charge is 0.494 e. The number of hydrogen-bond acceptors (Lipinski definition) is 5. The lowest BCUT2D eigenvalue weighted by Crippen LogP contribution is -2.35. The molecule has 0 spiro atoms. The van der Waals surface area contributed by atoms with Gasteiger partial charge in [-0.1, -0.05) is 13.8 Å². The van der Waals surface area contributed by atoms with E-state index in [9.17, 15) is 9.59 Å². The van der Waals surface area contributed by atoms with Crippen molar-refractivity contribution < 1.29 is 9.53 Å². The topological polar surface area (TPSA) is 73.2 Å². The molecule has 3 rings (SSSR count). The fraction of sp³-hybridized carbons (Fsp3) is 0.316. The third-order valence-corrected chi connectivity index (χ3v) is 4.77. The molecule has 7 heteroatoms. The summed E-state index contributed by atoms with van der Waals surface area (Å²) in [6, 6.07) is 8.57. The number of aryl methyl sites for hydroxylation is 1. The molecule has 0 bridgehead atoms. The molecule has 0 saturated heterocycles. The van der Waals surface area contributed by atoms with E-state index < -0.39 is 0 Å². The van der Waals surface area contributed by atoms with E-state index >= 15 is 0 Å². The maximum atomic E-state index is 12.5. The molecule has 2 aromatic heterocycles. The number of carbonyl (C=O) groups is 1. The van der Waals surface area contributed by atoms with E-state index in [1.165, 1.54) is 16.0 Å². The Bertz CT molecular complexity index is 974. The molecule has 3 aromatic rings. The third kappa shape index (κ3) is 3.94. The first kappa shape index (κ1) is 18.1. The van der Waals surface area contributed by atoms with Crippen molar-refractivity contribution in [2.45, 2.75) is 27.2 Å². The van der Waals surface area contributed by atoms with Gasteiger partial charge >= 0.3 is 0 Å². The standard InChI is InChI=1S/C19H21N3O3S/c1-12(2)8-10-25-15-6-4-14(5-7-15)17(23)21-22-13(3)20-18-16(19(22)24)9-11-26-18/h4-7,9,11-12H,8,10H2,1-3H3,(H,21,23). The average Bonchev–Trinajstić information content (AvgIpc) is 3.07. The molecule has 0 aliphatic rings. The first-order valence-corrected chi connectivity index (χ1v) is 9.34. The molecule has 0 radical (unpaired) electrons. The molecule has 0 unspecified atom stereocenters. The second-order valence-corrected chi connectivity index (χ2v) is 7.33. The Kier molecular flexibility index (Phi) is 5.37. The normalized spacial score (nSPS) is 11.1. The molecule has 2 heterocycles. The molecule has 1 amide bonds. The van der Waals surface area contributed by atoms with Gasteiger partial charge in [0.15, 0.2) is 0 Å². The van der Waals surface area contributed by atoms with E-state index in [1.807, 2.05) is 5.38 Å². The predicted octanol–water partition coefficient (Wildman–Crippen LogP) is 3.58. The quantitative estimate of drug-likeness (QED) is 0.719. The number of fused-ring (bicyclic) bond motifs is 1. The van der Waals surface area contributed by atoms with Crippen molar-refractivity contribution in [1.29, 1.82) is 0 Å². The van der Waals surface area contributed by atoms with Gasteiger partial charge in [0.25, 0.3) is 11.5 Å². The molecule has 0 aliphatic carbocycles. The molecule has 0 saturated carbocycles. The smallest absolute Gasteiger partial charge is 0.281 e. The lowest BCUT2D eigenvalue weighted by Gasteiger charge is -2.12. The zero-order chi connectivity index (χ0) is 18.7. The van der Waals surface area contributed by atoms with Gasteiger partial charge < -0.3 is 4.74 Å². The van der Waals surface area contributed by atoms with Crippen molar-refractivity contribution in [3.63, 3.8) is 0 Å². The Morgan fingerprint density at radius 1 is 1.27 bits per heavy atom. The van der Waals surface area contributed by atoms with E-state index in [4.69, 9.17) is 4.74 Å². The maximum absolute atomic E-state index is 12.5. The minimum atomic E-state index is -0.375. The van der Waals surface area contributed by atoms with E-state index in [0.29, 0.717) is 34.1 Å². The molecule has 1 aromatic carbocycles. The second kappa shape index (κ2) is 7.70. The monoisotopic (exact) mass is 371 g/mol. The number of ether oxygens (including phenoxy) is 1. The first-order valence-electron chi connectivity index (χ1n) is 8.47. The fourth-order valence-corrected chi connectivity index (χ4v) is 3.23. The van der Waals surface area contributed by atoms with E-state index in [0.717, 1.165) is 12.2 Å². The summed E-state index contributed by atoms with van der Waals surface area (Å²) in [5.41, 5.74) is 2.78. The van der Waals surface area contributed by atoms with Crippen LogP contribution in [-0.4, -0.2) is 22.2 Å². The zero-order valence-corrected chi connectivity index (χ0v) is 15.8. The van der Waals surface area contributed by atoms with Crippen LogP contribution in [0.3, 0.4) is 0 Å². The molecular formula is C19H21N3O3S. The summed E-state index contributed by atoms with van der Waals surface area (Å²) >= 11 is 1.40. The lowest BCUT2D eigenvalue weighted by atomic mass is 10.1. The van der Waals surface area contributed by atoms with Crippen molar-refractivity contribution >= 4 is 27.5 Å². The SMILES string of the molecule is Cc1nc2sccc2c(=O)n1NC(=O)c1ccc(OCCC(C)C)cc1. The Morgan fingerprint density at radius 3 is 2.69 bits per heavy atom. The molecular weight excluding hydrogens is 350 g/mol. The van der Waals surface area contributed by atoms with Crippen molar-refractivity contribution in [3.8, 4) is 5.75 Å². The zero-order valence-electron chi connectivity index (χ0n) is 15.0. The van der Waals surface area contributed by atoms with Gasteiger partial charge in [0.05, 0.1) is 12.0 Å². The van der Waals surface area contributed by atoms with Gasteiger partial charge in [-0.15, -0.1) is 11.3 Å². The number of benzene rings is 1. The number of nitrogens with zero attached hydrogens (tertiary/aromatic N) is 2. The van der Waals surface area contributed by atoms with Gasteiger partial charge in [-0.2, -0.15) is 0 Å². The number of thiophene rings is 1. The van der Waals surface area contributed by atoms with Crippen LogP contribution < -0.4 is 15.7 Å². The first-order chi connectivity index (χ1) is 12.5. The summed E-state index contributed by atoms with van der Waals surface area (Å²) in [5.74, 6) is 1.36. The minimum absolute atomic E-state index is 0.282. The highest BCUT2D eigenvalue weighted by atomic mass is 32.1. The Labute approximate surface area is 155 Å². The molecule has 6 nitrogen and oxygen atoms in total. The van der Waals surface area contributed by atoms with Crippen LogP contribution in [0.4, 0.5) is 0 Å². The number of nitrogens with one attached hydrogen (secondary N) is 1. The predicted molar refractivity (Wildman–Crippen MR) is 104 cm³/mol. The van der Waals surface area contributed by atoms with Gasteiger partial charge in [-0.3, -0.25) is 15.0 Å². The molecule has 136 valence electrons. The average molecular weight is 371 g/mol. The maximum Gasteiger partial charge on any atom is 0.281 e. The molecule has 0 fully saturated rings. The van der Waals surface area contributed by atoms with Gasteiger partial charge in [-0.25, -0.2) is 9.66 Å². The summed E-state index contributed by atoms with van der Waals surface area (Å²) in [7, 11) is 0. The molecule has 0 aliphatic heterocycles. The minimum Gasteiger partial charge on any atom is -0.494 e. The van der Waals surface area contributed by atoms with Crippen LogP contribution in [0.5, 0.6) is 5.75 Å². The van der Waals surface area contributed by atoms with Crippen LogP contribution in [0.1, 0.15) is 36.5 Å². The van der Waals surface area contributed by atoms with Gasteiger partial charge in [0.2, 0.25) is 0 Å². The van der Waals surface area contributed by atoms with Gasteiger partial charge in [-0.05, 0) is 55.0 Å². The van der Waals surface area contributed by atoms with Gasteiger partial charge in [0.1, 0.15) is 16.4 Å².